The van der Waals surface area contributed by atoms with Crippen LogP contribution in [0.15, 0.2) is 11.6 Å². The van der Waals surface area contributed by atoms with Crippen molar-refractivity contribution in [2.75, 3.05) is 45.6 Å². The second-order valence-corrected chi connectivity index (χ2v) is 6.16. The van der Waals surface area contributed by atoms with Gasteiger partial charge in [-0.15, -0.1) is 11.3 Å². The second-order valence-electron chi connectivity index (χ2n) is 5.26. The molecule has 21 heavy (non-hydrogen) atoms. The summed E-state index contributed by atoms with van der Waals surface area (Å²) in [5.74, 6) is -0.358. The van der Waals surface area contributed by atoms with Gasteiger partial charge in [0.2, 0.25) is 11.8 Å². The molecule has 1 atom stereocenters. The number of rotatable bonds is 5. The number of hydrogen-bond acceptors (Lipinski definition) is 6. The molecule has 2 heterocycles. The molecule has 2 rings (SSSR count). The molecule has 0 saturated carbocycles. The van der Waals surface area contributed by atoms with Crippen molar-refractivity contribution in [2.24, 2.45) is 0 Å². The van der Waals surface area contributed by atoms with Crippen LogP contribution < -0.4 is 10.6 Å². The molecule has 1 aromatic heterocycles. The lowest BCUT2D eigenvalue weighted by Gasteiger charge is -2.37. The normalized spacial score (nSPS) is 20.2. The molecule has 0 aliphatic carbocycles. The molecular weight excluding hydrogens is 290 g/mol. The smallest absolute Gasteiger partial charge is 0.245 e. The Balaban J connectivity index is 1.70. The molecule has 116 valence electrons. The molecule has 1 aliphatic rings. The minimum absolute atomic E-state index is 0.0231. The van der Waals surface area contributed by atoms with Crippen molar-refractivity contribution in [1.82, 2.24) is 20.1 Å². The van der Waals surface area contributed by atoms with Gasteiger partial charge in [0, 0.05) is 43.7 Å². The third-order valence-corrected chi connectivity index (χ3v) is 4.21. The Labute approximate surface area is 128 Å². The van der Waals surface area contributed by atoms with Gasteiger partial charge in [-0.05, 0) is 14.1 Å². The zero-order valence-corrected chi connectivity index (χ0v) is 13.2. The maximum Gasteiger partial charge on any atom is 0.245 e. The van der Waals surface area contributed by atoms with Gasteiger partial charge in [0.05, 0.1) is 6.54 Å². The fourth-order valence-corrected chi connectivity index (χ4v) is 2.78. The van der Waals surface area contributed by atoms with Gasteiger partial charge in [-0.1, -0.05) is 0 Å². The zero-order chi connectivity index (χ0) is 15.2. The van der Waals surface area contributed by atoms with Gasteiger partial charge in [0.25, 0.3) is 0 Å². The number of amides is 2. The van der Waals surface area contributed by atoms with Crippen LogP contribution in [0.5, 0.6) is 0 Å². The van der Waals surface area contributed by atoms with Crippen LogP contribution in [0.3, 0.4) is 0 Å². The number of nitrogens with one attached hydrogen (secondary N) is 2. The van der Waals surface area contributed by atoms with E-state index in [-0.39, 0.29) is 24.4 Å². The van der Waals surface area contributed by atoms with E-state index in [1.807, 2.05) is 7.05 Å². The lowest BCUT2D eigenvalue weighted by Crippen LogP contribution is -2.51. The van der Waals surface area contributed by atoms with Crippen LogP contribution in [-0.4, -0.2) is 72.9 Å². The maximum atomic E-state index is 11.9. The van der Waals surface area contributed by atoms with Gasteiger partial charge in [0.1, 0.15) is 0 Å². The van der Waals surface area contributed by atoms with Gasteiger partial charge in [0.15, 0.2) is 5.13 Å². The summed E-state index contributed by atoms with van der Waals surface area (Å²) in [6.07, 6.45) is 2.03. The standard InChI is InChI=1S/C13H21N5O2S/c1-17-4-5-18(2)10(9-17)7-11(19)15-8-12(20)16-13-14-3-6-21-13/h3,6,10H,4-5,7-9H2,1-2H3,(H,15,19)(H,14,16,20)/t10-/m0/s1. The number of anilines is 1. The molecule has 0 unspecified atom stereocenters. The molecule has 0 spiro atoms. The fraction of sp³-hybridized carbons (Fsp3) is 0.615. The maximum absolute atomic E-state index is 11.9. The van der Waals surface area contributed by atoms with Crippen molar-refractivity contribution in [2.45, 2.75) is 12.5 Å². The SMILES string of the molecule is CN1CCN(C)[C@@H](CC(=O)NCC(=O)Nc2nccs2)C1. The number of hydrogen-bond donors (Lipinski definition) is 2. The van der Waals surface area contributed by atoms with Gasteiger partial charge in [-0.25, -0.2) is 4.98 Å². The third-order valence-electron chi connectivity index (χ3n) is 3.53. The summed E-state index contributed by atoms with van der Waals surface area (Å²) in [6.45, 7) is 2.82. The number of piperazine rings is 1. The molecule has 7 nitrogen and oxygen atoms in total. The van der Waals surface area contributed by atoms with Crippen LogP contribution in [0.2, 0.25) is 0 Å². The molecule has 2 amide bonds. The molecule has 2 N–H and O–H groups in total. The Bertz CT molecular complexity index is 479. The molecule has 0 radical (unpaired) electrons. The lowest BCUT2D eigenvalue weighted by atomic mass is 10.1. The third kappa shape index (κ3) is 5.07. The van der Waals surface area contributed by atoms with E-state index in [1.165, 1.54) is 11.3 Å². The van der Waals surface area contributed by atoms with Crippen LogP contribution in [0.4, 0.5) is 5.13 Å². The van der Waals surface area contributed by atoms with Crippen molar-refractivity contribution >= 4 is 28.3 Å². The Morgan fingerprint density at radius 3 is 2.90 bits per heavy atom. The highest BCUT2D eigenvalue weighted by Crippen LogP contribution is 2.10. The number of thiazole rings is 1. The summed E-state index contributed by atoms with van der Waals surface area (Å²) in [4.78, 5) is 31.9. The monoisotopic (exact) mass is 311 g/mol. The van der Waals surface area contributed by atoms with Gasteiger partial charge in [-0.3, -0.25) is 9.59 Å². The van der Waals surface area contributed by atoms with Crippen molar-refractivity contribution < 1.29 is 9.59 Å². The predicted molar refractivity (Wildman–Crippen MR) is 82.3 cm³/mol. The van der Waals surface area contributed by atoms with E-state index in [9.17, 15) is 9.59 Å². The van der Waals surface area contributed by atoms with Crippen LogP contribution in [0.25, 0.3) is 0 Å². The van der Waals surface area contributed by atoms with E-state index in [0.29, 0.717) is 11.6 Å². The van der Waals surface area contributed by atoms with E-state index in [1.54, 1.807) is 11.6 Å². The quantitative estimate of drug-likeness (QED) is 0.790. The van der Waals surface area contributed by atoms with Crippen LogP contribution in [-0.2, 0) is 9.59 Å². The molecule has 1 aliphatic heterocycles. The van der Waals surface area contributed by atoms with E-state index in [0.717, 1.165) is 19.6 Å². The first-order chi connectivity index (χ1) is 10.0. The molecular formula is C13H21N5O2S. The number of carbonyl (C=O) groups excluding carboxylic acids is 2. The largest absolute Gasteiger partial charge is 0.347 e. The summed E-state index contributed by atoms with van der Waals surface area (Å²) in [6, 6.07) is 0.200. The number of nitrogens with zero attached hydrogens (tertiary/aromatic N) is 3. The van der Waals surface area contributed by atoms with Crippen molar-refractivity contribution in [3.8, 4) is 0 Å². The highest BCUT2D eigenvalue weighted by molar-refractivity contribution is 7.13. The summed E-state index contributed by atoms with van der Waals surface area (Å²) >= 11 is 1.35. The van der Waals surface area contributed by atoms with E-state index >= 15 is 0 Å². The average molecular weight is 311 g/mol. The second kappa shape index (κ2) is 7.48. The van der Waals surface area contributed by atoms with Crippen molar-refractivity contribution in [1.29, 1.82) is 0 Å². The van der Waals surface area contributed by atoms with Gasteiger partial charge in [-0.2, -0.15) is 0 Å². The van der Waals surface area contributed by atoms with E-state index < -0.39 is 0 Å². The molecule has 0 aromatic carbocycles. The van der Waals surface area contributed by atoms with Crippen LogP contribution in [0.1, 0.15) is 6.42 Å². The van der Waals surface area contributed by atoms with Crippen LogP contribution >= 0.6 is 11.3 Å². The highest BCUT2D eigenvalue weighted by atomic mass is 32.1. The molecule has 1 saturated heterocycles. The average Bonchev–Trinajstić information content (AvgIpc) is 2.93. The topological polar surface area (TPSA) is 77.6 Å². The molecule has 1 aromatic rings. The van der Waals surface area contributed by atoms with Crippen molar-refractivity contribution in [3.05, 3.63) is 11.6 Å². The van der Waals surface area contributed by atoms with Gasteiger partial charge < -0.3 is 20.4 Å². The van der Waals surface area contributed by atoms with Gasteiger partial charge >= 0.3 is 0 Å². The Kier molecular flexibility index (Phi) is 5.66. The first-order valence-electron chi connectivity index (χ1n) is 6.89. The molecule has 0 bridgehead atoms. The Morgan fingerprint density at radius 2 is 2.19 bits per heavy atom. The minimum atomic E-state index is -0.257. The summed E-state index contributed by atoms with van der Waals surface area (Å²) in [5, 5.41) is 7.62. The predicted octanol–water partition coefficient (Wildman–Crippen LogP) is -0.166. The Hall–Kier alpha value is -1.51. The highest BCUT2D eigenvalue weighted by Gasteiger charge is 2.24. The molecule has 8 heteroatoms. The van der Waals surface area contributed by atoms with Crippen molar-refractivity contribution in [3.63, 3.8) is 0 Å². The summed E-state index contributed by atoms with van der Waals surface area (Å²) in [7, 11) is 4.08. The molecule has 1 fully saturated rings. The number of aromatic nitrogens is 1. The summed E-state index contributed by atoms with van der Waals surface area (Å²) < 4.78 is 0. The number of carbonyl (C=O) groups is 2. The summed E-state index contributed by atoms with van der Waals surface area (Å²) in [5.41, 5.74) is 0. The first kappa shape index (κ1) is 15.9. The van der Waals surface area contributed by atoms with E-state index in [4.69, 9.17) is 0 Å². The lowest BCUT2D eigenvalue weighted by molar-refractivity contribution is -0.125. The Morgan fingerprint density at radius 1 is 1.38 bits per heavy atom. The fourth-order valence-electron chi connectivity index (χ4n) is 2.24. The van der Waals surface area contributed by atoms with Crippen LogP contribution in [0, 0.1) is 0 Å². The zero-order valence-electron chi connectivity index (χ0n) is 12.3. The first-order valence-corrected chi connectivity index (χ1v) is 7.77. The number of likely N-dealkylation sites (N-methyl/N-ethyl adjacent to an activating group) is 2. The van der Waals surface area contributed by atoms with E-state index in [2.05, 4.69) is 32.5 Å². The minimum Gasteiger partial charge on any atom is -0.347 e.